The molecule has 0 aliphatic rings. The third kappa shape index (κ3) is 5.13. The van der Waals surface area contributed by atoms with Gasteiger partial charge < -0.3 is 4.98 Å². The predicted octanol–water partition coefficient (Wildman–Crippen LogP) is 4.12. The van der Waals surface area contributed by atoms with Crippen LogP contribution in [0.5, 0.6) is 0 Å². The maximum atomic E-state index is 12.2. The van der Waals surface area contributed by atoms with Crippen molar-refractivity contribution in [3.63, 3.8) is 0 Å². The van der Waals surface area contributed by atoms with Crippen LogP contribution in [0.1, 0.15) is 1.37 Å². The number of rotatable bonds is 2. The summed E-state index contributed by atoms with van der Waals surface area (Å²) in [5, 5.41) is 0.229. The molecule has 0 radical (unpaired) electrons. The molecule has 0 atom stereocenters. The second kappa shape index (κ2) is 11.1. The molecule has 0 amide bonds. The first-order chi connectivity index (χ1) is 18.3. The number of alkyl halides is 1. The van der Waals surface area contributed by atoms with Crippen molar-refractivity contribution in [1.82, 2.24) is 38.6 Å². The first-order valence-corrected chi connectivity index (χ1v) is 11.3. The molecule has 6 rings (SSSR count). The predicted molar refractivity (Wildman–Crippen MR) is 141 cm³/mol. The lowest BCUT2D eigenvalue weighted by Gasteiger charge is -2.01. The van der Waals surface area contributed by atoms with E-state index >= 15 is 0 Å². The van der Waals surface area contributed by atoms with Crippen LogP contribution in [0.15, 0.2) is 82.6 Å². The number of para-hydroxylation sites is 4. The third-order valence-electron chi connectivity index (χ3n) is 5.23. The van der Waals surface area contributed by atoms with Crippen LogP contribution in [-0.2, 0) is 7.05 Å². The van der Waals surface area contributed by atoms with Crippen molar-refractivity contribution in [1.29, 1.82) is 0 Å². The van der Waals surface area contributed by atoms with Gasteiger partial charge in [-0.3, -0.25) is 8.96 Å². The van der Waals surface area contributed by atoms with Crippen molar-refractivity contribution < 1.29 is 5.76 Å². The maximum Gasteiger partial charge on any atom is 0.334 e. The van der Waals surface area contributed by atoms with E-state index < -0.39 is 7.15 Å². The molecule has 6 aromatic rings. The first-order valence-electron chi connectivity index (χ1n) is 11.3. The van der Waals surface area contributed by atoms with E-state index in [0.29, 0.717) is 11.6 Å². The number of halogens is 3. The minimum absolute atomic E-state index is 0.111. The smallest absolute Gasteiger partial charge is 0.305 e. The van der Waals surface area contributed by atoms with Gasteiger partial charge in [-0.2, -0.15) is 9.97 Å². The molecule has 4 heterocycles. The topological polar surface area (TPSA) is 116 Å². The molecule has 0 saturated heterocycles. The van der Waals surface area contributed by atoms with Crippen molar-refractivity contribution in [3.05, 3.63) is 105 Å². The van der Waals surface area contributed by atoms with Crippen molar-refractivity contribution in [3.8, 4) is 11.6 Å². The number of benzene rings is 2. The second-order valence-corrected chi connectivity index (χ2v) is 7.99. The van der Waals surface area contributed by atoms with Gasteiger partial charge in [0, 0.05) is 31.6 Å². The molecule has 0 spiro atoms. The number of fused-ring (bicyclic) bond motifs is 2. The second-order valence-electron chi connectivity index (χ2n) is 7.32. The number of aromatic amines is 1. The van der Waals surface area contributed by atoms with Crippen LogP contribution < -0.4 is 11.4 Å². The normalized spacial score (nSPS) is 10.9. The Morgan fingerprint density at radius 1 is 0.811 bits per heavy atom. The summed E-state index contributed by atoms with van der Waals surface area (Å²) in [7, 11) is 0.726. The van der Waals surface area contributed by atoms with Gasteiger partial charge in [0.2, 0.25) is 10.6 Å². The molecular weight excluding hydrogens is 522 g/mol. The van der Waals surface area contributed by atoms with E-state index in [2.05, 4.69) is 24.9 Å². The van der Waals surface area contributed by atoms with Gasteiger partial charge in [-0.1, -0.05) is 24.3 Å². The molecule has 37 heavy (non-hydrogen) atoms. The summed E-state index contributed by atoms with van der Waals surface area (Å²) in [4.78, 5) is 42.5. The van der Waals surface area contributed by atoms with Gasteiger partial charge in [-0.15, -0.1) is 0 Å². The van der Waals surface area contributed by atoms with Crippen LogP contribution in [-0.4, -0.2) is 45.8 Å². The van der Waals surface area contributed by atoms with Gasteiger partial charge >= 0.3 is 11.4 Å². The Labute approximate surface area is 220 Å². The first kappa shape index (κ1) is 24.3. The molecule has 188 valence electrons. The summed E-state index contributed by atoms with van der Waals surface area (Å²) in [6.07, 6.45) is 3.04. The summed E-state index contributed by atoms with van der Waals surface area (Å²) in [5.74, 6) is 0.921. The highest BCUT2D eigenvalue weighted by atomic mass is 35.5. The summed E-state index contributed by atoms with van der Waals surface area (Å²) in [6, 6.07) is 18.2. The monoisotopic (exact) mass is 541 g/mol. The molecule has 4 aromatic heterocycles. The van der Waals surface area contributed by atoms with E-state index in [0.717, 1.165) is 22.1 Å². The lowest BCUT2D eigenvalue weighted by molar-refractivity contribution is 0.636. The lowest BCUT2D eigenvalue weighted by Crippen LogP contribution is -2.21. The minimum atomic E-state index is -1.00. The number of hydrogen-bond donors (Lipinski definition) is 1. The average Bonchev–Trinajstić information content (AvgIpc) is 3.37. The molecule has 0 saturated carbocycles. The molecule has 0 unspecified atom stereocenters. The largest absolute Gasteiger partial charge is 0.334 e. The van der Waals surface area contributed by atoms with E-state index in [1.54, 1.807) is 23.7 Å². The van der Waals surface area contributed by atoms with Crippen molar-refractivity contribution in [2.45, 2.75) is 0 Å². The molecule has 13 heteroatoms. The van der Waals surface area contributed by atoms with Gasteiger partial charge in [-0.05, 0) is 47.5 Å². The zero-order chi connectivity index (χ0) is 27.2. The summed E-state index contributed by atoms with van der Waals surface area (Å²) in [5.41, 5.74) is 2.74. The van der Waals surface area contributed by atoms with E-state index in [9.17, 15) is 14.0 Å². The minimum Gasteiger partial charge on any atom is -0.305 e. The molecular formula is C24H19Cl2FN8O2. The molecule has 0 fully saturated rings. The molecule has 2 aromatic carbocycles. The average molecular weight is 542 g/mol. The van der Waals surface area contributed by atoms with Crippen LogP contribution in [0, 0.1) is 0 Å². The van der Waals surface area contributed by atoms with Gasteiger partial charge in [-0.25, -0.2) is 28.7 Å². The fourth-order valence-corrected chi connectivity index (χ4v) is 3.98. The fraction of sp³-hybridized carbons (Fsp3) is 0.0833. The van der Waals surface area contributed by atoms with Crippen LogP contribution in [0.3, 0.4) is 0 Å². The van der Waals surface area contributed by atoms with Crippen molar-refractivity contribution >= 4 is 45.3 Å². The standard InChI is InChI=1S/C12H9ClN4O.C11H7ClN4O.CH3F/c1-16-8-4-2-3-5-9(8)17(12(16)18)10-6-7-14-11(13)15-10;12-10-13-6-5-9(15-10)16-8-4-2-1-3-7(8)14-11(16)17;1-2/h2-7H,1H3;1-6H,(H,14,17);1H3/i;;1D. The third-order valence-corrected chi connectivity index (χ3v) is 5.60. The Balaban J connectivity index is 0.000000161. The van der Waals surface area contributed by atoms with Gasteiger partial charge in [0.05, 0.1) is 30.6 Å². The fourth-order valence-electron chi connectivity index (χ4n) is 3.70. The number of nitrogens with zero attached hydrogens (tertiary/aromatic N) is 7. The van der Waals surface area contributed by atoms with Crippen molar-refractivity contribution in [2.24, 2.45) is 7.05 Å². The van der Waals surface area contributed by atoms with Crippen LogP contribution in [0.25, 0.3) is 33.7 Å². The van der Waals surface area contributed by atoms with Gasteiger partial charge in [0.15, 0.2) is 0 Å². The highest BCUT2D eigenvalue weighted by Crippen LogP contribution is 2.16. The van der Waals surface area contributed by atoms with Crippen LogP contribution in [0.4, 0.5) is 4.39 Å². The summed E-state index contributed by atoms with van der Waals surface area (Å²) in [6.45, 7) is 0. The Kier molecular flexibility index (Phi) is 7.33. The number of aromatic nitrogens is 8. The van der Waals surface area contributed by atoms with E-state index in [1.807, 2.05) is 48.5 Å². The Bertz CT molecular complexity index is 1830. The zero-order valence-corrected chi connectivity index (χ0v) is 20.7. The zero-order valence-electron chi connectivity index (χ0n) is 20.2. The Morgan fingerprint density at radius 2 is 1.32 bits per heavy atom. The van der Waals surface area contributed by atoms with E-state index in [-0.39, 0.29) is 21.9 Å². The Morgan fingerprint density at radius 3 is 1.92 bits per heavy atom. The number of aryl methyl sites for hydroxylation is 1. The number of H-pyrrole nitrogens is 1. The Hall–Kier alpha value is -4.35. The quantitative estimate of drug-likeness (QED) is 0.329. The highest BCUT2D eigenvalue weighted by Gasteiger charge is 2.13. The lowest BCUT2D eigenvalue weighted by atomic mass is 10.3. The molecule has 1 N–H and O–H groups in total. The van der Waals surface area contributed by atoms with Crippen LogP contribution in [0.2, 0.25) is 10.6 Å². The van der Waals surface area contributed by atoms with E-state index in [4.69, 9.17) is 24.6 Å². The molecule has 10 nitrogen and oxygen atoms in total. The van der Waals surface area contributed by atoms with Gasteiger partial charge in [0.25, 0.3) is 0 Å². The molecule has 0 bridgehead atoms. The summed E-state index contributed by atoms with van der Waals surface area (Å²) < 4.78 is 20.1. The number of imidazole rings is 2. The molecule has 0 aliphatic heterocycles. The number of hydrogen-bond acceptors (Lipinski definition) is 6. The summed E-state index contributed by atoms with van der Waals surface area (Å²) >= 11 is 11.5. The maximum absolute atomic E-state index is 12.2. The molecule has 0 aliphatic carbocycles. The van der Waals surface area contributed by atoms with E-state index in [1.165, 1.54) is 21.5 Å². The SMILES string of the molecule is Cn1c(=O)n(-c2ccnc(Cl)n2)c2ccccc21.O=c1[nH]c2ccccc2n1-c1ccnc(Cl)n1.[2H]CF. The highest BCUT2D eigenvalue weighted by molar-refractivity contribution is 6.28. The van der Waals surface area contributed by atoms with Gasteiger partial charge in [0.1, 0.15) is 11.6 Å². The van der Waals surface area contributed by atoms with Crippen LogP contribution >= 0.6 is 23.2 Å². The van der Waals surface area contributed by atoms with Crippen molar-refractivity contribution in [2.75, 3.05) is 7.15 Å². The number of nitrogens with one attached hydrogen (secondary N) is 1.